The Morgan fingerprint density at radius 3 is 2.42 bits per heavy atom. The van der Waals surface area contributed by atoms with Crippen molar-refractivity contribution in [2.24, 2.45) is 0 Å². The Morgan fingerprint density at radius 1 is 1.00 bits per heavy atom. The second-order valence-corrected chi connectivity index (χ2v) is 5.15. The van der Waals surface area contributed by atoms with Crippen LogP contribution in [0.5, 0.6) is 5.75 Å². The molecule has 0 aliphatic heterocycles. The minimum Gasteiger partial charge on any atom is -0.492 e. The third-order valence-corrected chi connectivity index (χ3v) is 3.16. The molecule has 0 spiro atoms. The minimum atomic E-state index is -0.332. The third-order valence-electron chi connectivity index (χ3n) is 2.91. The average Bonchev–Trinajstić information content (AvgIpc) is 3.12. The number of nitrogens with one attached hydrogen (secondary N) is 3. The highest BCUT2D eigenvalue weighted by atomic mass is 35.5. The van der Waals surface area contributed by atoms with Crippen molar-refractivity contribution >= 4 is 23.5 Å². The maximum Gasteiger partial charge on any atom is 0.314 e. The molecule has 0 saturated heterocycles. The standard InChI is InChI=1S/C16H18ClN3O4/c17-12-3-5-13(6-4-12)23-11-9-20-16(22)19-8-7-18-15(21)14-2-1-10-24-14/h1-6,10H,7-9,11H2,(H,18,21)(H2,19,20,22). The number of amides is 3. The van der Waals surface area contributed by atoms with Crippen LogP contribution in [0.25, 0.3) is 0 Å². The van der Waals surface area contributed by atoms with Gasteiger partial charge in [-0.3, -0.25) is 4.79 Å². The van der Waals surface area contributed by atoms with Gasteiger partial charge in [-0.25, -0.2) is 4.79 Å². The Hall–Kier alpha value is -2.67. The lowest BCUT2D eigenvalue weighted by atomic mass is 10.3. The number of urea groups is 1. The molecule has 7 nitrogen and oxygen atoms in total. The van der Waals surface area contributed by atoms with Crippen LogP contribution in [0.2, 0.25) is 5.02 Å². The Kier molecular flexibility index (Phi) is 6.97. The van der Waals surface area contributed by atoms with E-state index in [1.807, 2.05) is 0 Å². The van der Waals surface area contributed by atoms with Gasteiger partial charge in [0, 0.05) is 18.1 Å². The third kappa shape index (κ3) is 6.21. The van der Waals surface area contributed by atoms with Crippen molar-refractivity contribution in [3.05, 3.63) is 53.4 Å². The van der Waals surface area contributed by atoms with Crippen LogP contribution in [-0.2, 0) is 0 Å². The van der Waals surface area contributed by atoms with Crippen molar-refractivity contribution in [2.75, 3.05) is 26.2 Å². The molecule has 0 fully saturated rings. The highest BCUT2D eigenvalue weighted by molar-refractivity contribution is 6.30. The lowest BCUT2D eigenvalue weighted by Crippen LogP contribution is -2.41. The molecule has 2 rings (SSSR count). The molecule has 3 N–H and O–H groups in total. The molecule has 1 aromatic heterocycles. The van der Waals surface area contributed by atoms with E-state index in [4.69, 9.17) is 20.8 Å². The quantitative estimate of drug-likeness (QED) is 0.634. The van der Waals surface area contributed by atoms with Crippen molar-refractivity contribution in [2.45, 2.75) is 0 Å². The first-order valence-corrected chi connectivity index (χ1v) is 7.75. The summed E-state index contributed by atoms with van der Waals surface area (Å²) < 4.78 is 10.4. The number of carbonyl (C=O) groups is 2. The van der Waals surface area contributed by atoms with Crippen molar-refractivity contribution in [3.63, 3.8) is 0 Å². The van der Waals surface area contributed by atoms with E-state index in [0.717, 1.165) is 0 Å². The van der Waals surface area contributed by atoms with Gasteiger partial charge in [0.25, 0.3) is 5.91 Å². The molecule has 1 heterocycles. The van der Waals surface area contributed by atoms with Crippen molar-refractivity contribution in [1.82, 2.24) is 16.0 Å². The molecule has 128 valence electrons. The molecule has 8 heteroatoms. The van der Waals surface area contributed by atoms with Crippen LogP contribution in [0.1, 0.15) is 10.6 Å². The van der Waals surface area contributed by atoms with Crippen LogP contribution >= 0.6 is 11.6 Å². The second-order valence-electron chi connectivity index (χ2n) is 4.72. The van der Waals surface area contributed by atoms with Crippen LogP contribution in [0.4, 0.5) is 4.79 Å². The first kappa shape index (κ1) is 17.7. The summed E-state index contributed by atoms with van der Waals surface area (Å²) in [5, 5.41) is 8.53. The molecule has 1 aromatic carbocycles. The average molecular weight is 352 g/mol. The minimum absolute atomic E-state index is 0.235. The summed E-state index contributed by atoms with van der Waals surface area (Å²) in [6.45, 7) is 1.29. The van der Waals surface area contributed by atoms with Gasteiger partial charge in [-0.2, -0.15) is 0 Å². The number of carbonyl (C=O) groups excluding carboxylic acids is 2. The van der Waals surface area contributed by atoms with E-state index in [0.29, 0.717) is 37.0 Å². The van der Waals surface area contributed by atoms with Gasteiger partial charge in [0.15, 0.2) is 5.76 Å². The van der Waals surface area contributed by atoms with Gasteiger partial charge < -0.3 is 25.1 Å². The van der Waals surface area contributed by atoms with Crippen LogP contribution < -0.4 is 20.7 Å². The van der Waals surface area contributed by atoms with Gasteiger partial charge >= 0.3 is 6.03 Å². The molecule has 0 unspecified atom stereocenters. The molecular weight excluding hydrogens is 334 g/mol. The predicted molar refractivity (Wildman–Crippen MR) is 89.4 cm³/mol. The summed E-state index contributed by atoms with van der Waals surface area (Å²) in [6, 6.07) is 9.83. The maximum atomic E-state index is 11.6. The maximum absolute atomic E-state index is 11.6. The lowest BCUT2D eigenvalue weighted by Gasteiger charge is -2.09. The van der Waals surface area contributed by atoms with E-state index in [1.54, 1.807) is 36.4 Å². The van der Waals surface area contributed by atoms with Crippen molar-refractivity contribution in [1.29, 1.82) is 0 Å². The number of rotatable bonds is 8. The van der Waals surface area contributed by atoms with E-state index < -0.39 is 0 Å². The molecule has 0 bridgehead atoms. The van der Waals surface area contributed by atoms with Crippen LogP contribution in [-0.4, -0.2) is 38.2 Å². The zero-order valence-electron chi connectivity index (χ0n) is 12.9. The zero-order chi connectivity index (χ0) is 17.2. The fourth-order valence-electron chi connectivity index (χ4n) is 1.77. The number of ether oxygens (including phenoxy) is 1. The number of furan rings is 1. The molecule has 2 aromatic rings. The van der Waals surface area contributed by atoms with Gasteiger partial charge in [-0.1, -0.05) is 11.6 Å². The fourth-order valence-corrected chi connectivity index (χ4v) is 1.90. The predicted octanol–water partition coefficient (Wildman–Crippen LogP) is 2.04. The first-order valence-electron chi connectivity index (χ1n) is 7.37. The van der Waals surface area contributed by atoms with E-state index >= 15 is 0 Å². The van der Waals surface area contributed by atoms with Crippen LogP contribution in [0, 0.1) is 0 Å². The van der Waals surface area contributed by atoms with Gasteiger partial charge in [0.05, 0.1) is 12.8 Å². The summed E-state index contributed by atoms with van der Waals surface area (Å²) in [5.41, 5.74) is 0. The topological polar surface area (TPSA) is 92.6 Å². The Morgan fingerprint density at radius 2 is 1.71 bits per heavy atom. The Balaban J connectivity index is 1.50. The Labute approximate surface area is 144 Å². The molecule has 0 aliphatic carbocycles. The summed E-state index contributed by atoms with van der Waals surface area (Å²) in [5.74, 6) is 0.597. The molecule has 3 amide bonds. The summed E-state index contributed by atoms with van der Waals surface area (Å²) in [7, 11) is 0. The first-order chi connectivity index (χ1) is 11.6. The monoisotopic (exact) mass is 351 g/mol. The van der Waals surface area contributed by atoms with Crippen LogP contribution in [0.3, 0.4) is 0 Å². The Bertz CT molecular complexity index is 644. The van der Waals surface area contributed by atoms with E-state index in [2.05, 4.69) is 16.0 Å². The zero-order valence-corrected chi connectivity index (χ0v) is 13.6. The van der Waals surface area contributed by atoms with Crippen molar-refractivity contribution in [3.8, 4) is 5.75 Å². The number of halogens is 1. The molecule has 0 saturated carbocycles. The fraction of sp³-hybridized carbons (Fsp3) is 0.250. The van der Waals surface area contributed by atoms with E-state index in [-0.39, 0.29) is 17.7 Å². The molecular formula is C16H18ClN3O4. The highest BCUT2D eigenvalue weighted by Gasteiger charge is 2.07. The molecule has 24 heavy (non-hydrogen) atoms. The van der Waals surface area contributed by atoms with E-state index in [1.165, 1.54) is 6.26 Å². The molecule has 0 atom stereocenters. The summed E-state index contributed by atoms with van der Waals surface area (Å²) in [4.78, 5) is 23.1. The summed E-state index contributed by atoms with van der Waals surface area (Å²) >= 11 is 5.77. The second kappa shape index (κ2) is 9.46. The smallest absolute Gasteiger partial charge is 0.314 e. The summed E-state index contributed by atoms with van der Waals surface area (Å²) in [6.07, 6.45) is 1.42. The SMILES string of the molecule is O=C(NCCNC(=O)c1ccco1)NCCOc1ccc(Cl)cc1. The van der Waals surface area contributed by atoms with Crippen molar-refractivity contribution < 1.29 is 18.7 Å². The van der Waals surface area contributed by atoms with Gasteiger partial charge in [0.1, 0.15) is 12.4 Å². The van der Waals surface area contributed by atoms with E-state index in [9.17, 15) is 9.59 Å². The molecule has 0 aliphatic rings. The lowest BCUT2D eigenvalue weighted by molar-refractivity contribution is 0.0926. The largest absolute Gasteiger partial charge is 0.492 e. The normalized spacial score (nSPS) is 10.0. The van der Waals surface area contributed by atoms with Crippen LogP contribution in [0.15, 0.2) is 47.1 Å². The van der Waals surface area contributed by atoms with Gasteiger partial charge in [-0.15, -0.1) is 0 Å². The number of benzene rings is 1. The van der Waals surface area contributed by atoms with Gasteiger partial charge in [-0.05, 0) is 36.4 Å². The highest BCUT2D eigenvalue weighted by Crippen LogP contribution is 2.14. The van der Waals surface area contributed by atoms with Gasteiger partial charge in [0.2, 0.25) is 0 Å². The number of hydrogen-bond donors (Lipinski definition) is 3. The molecule has 0 radical (unpaired) electrons. The number of hydrogen-bond acceptors (Lipinski definition) is 4.